The number of nitrogens with one attached hydrogen (secondary N) is 2. The lowest BCUT2D eigenvalue weighted by molar-refractivity contribution is -0.118. The topological polar surface area (TPSA) is 88.2 Å². The zero-order valence-corrected chi connectivity index (χ0v) is 13.9. The number of nitrogens with zero attached hydrogens (tertiary/aromatic N) is 1. The van der Waals surface area contributed by atoms with Gasteiger partial charge in [-0.25, -0.2) is 13.4 Å². The van der Waals surface area contributed by atoms with Crippen molar-refractivity contribution >= 4 is 32.4 Å². The minimum absolute atomic E-state index is 0.0814. The lowest BCUT2D eigenvalue weighted by Gasteiger charge is -2.07. The molecule has 118 valence electrons. The van der Waals surface area contributed by atoms with Crippen molar-refractivity contribution in [2.24, 2.45) is 0 Å². The number of sulfonamides is 1. The Morgan fingerprint density at radius 3 is 2.50 bits per heavy atom. The summed E-state index contributed by atoms with van der Waals surface area (Å²) in [7, 11) is -3.62. The molecule has 0 atom stereocenters. The second-order valence-corrected chi connectivity index (χ2v) is 7.32. The lowest BCUT2D eigenvalue weighted by atomic mass is 10.1. The fourth-order valence-electron chi connectivity index (χ4n) is 1.79. The van der Waals surface area contributed by atoms with Crippen molar-refractivity contribution < 1.29 is 13.2 Å². The SMILES string of the molecule is CC(=O)NCCc1ccc(S(=O)(=O)Nc2nc(C)cs2)cc1. The molecule has 2 N–H and O–H groups in total. The van der Waals surface area contributed by atoms with Crippen LogP contribution in [0.5, 0.6) is 0 Å². The Bertz CT molecular complexity index is 752. The number of anilines is 1. The van der Waals surface area contributed by atoms with E-state index in [9.17, 15) is 13.2 Å². The molecule has 0 aliphatic rings. The zero-order valence-electron chi connectivity index (χ0n) is 12.3. The van der Waals surface area contributed by atoms with Gasteiger partial charge in [-0.05, 0) is 31.0 Å². The standard InChI is InChI=1S/C14H17N3O3S2/c1-10-9-21-14(16-10)17-22(19,20)13-5-3-12(4-6-13)7-8-15-11(2)18/h3-6,9H,7-8H2,1-2H3,(H,15,18)(H,16,17). The Labute approximate surface area is 133 Å². The van der Waals surface area contributed by atoms with Crippen molar-refractivity contribution in [3.05, 3.63) is 40.9 Å². The maximum absolute atomic E-state index is 12.2. The molecule has 0 saturated carbocycles. The fraction of sp³-hybridized carbons (Fsp3) is 0.286. The molecular formula is C14H17N3O3S2. The normalized spacial score (nSPS) is 11.2. The molecule has 2 rings (SSSR count). The summed E-state index contributed by atoms with van der Waals surface area (Å²) < 4.78 is 26.9. The van der Waals surface area contributed by atoms with Crippen molar-refractivity contribution in [1.82, 2.24) is 10.3 Å². The number of carbonyl (C=O) groups is 1. The maximum atomic E-state index is 12.2. The quantitative estimate of drug-likeness (QED) is 0.842. The molecule has 0 aliphatic heterocycles. The van der Waals surface area contributed by atoms with Crippen molar-refractivity contribution in [2.75, 3.05) is 11.3 Å². The minimum atomic E-state index is -3.62. The van der Waals surface area contributed by atoms with Crippen LogP contribution in [0.25, 0.3) is 0 Å². The second kappa shape index (κ2) is 6.89. The lowest BCUT2D eigenvalue weighted by Crippen LogP contribution is -2.22. The third-order valence-corrected chi connectivity index (χ3v) is 5.22. The molecule has 0 unspecified atom stereocenters. The van der Waals surface area contributed by atoms with Crippen LogP contribution in [0.1, 0.15) is 18.2 Å². The van der Waals surface area contributed by atoms with Crippen molar-refractivity contribution in [1.29, 1.82) is 0 Å². The molecule has 1 aromatic carbocycles. The number of thiazole rings is 1. The predicted molar refractivity (Wildman–Crippen MR) is 86.5 cm³/mol. The average molecular weight is 339 g/mol. The molecule has 0 bridgehead atoms. The molecule has 0 spiro atoms. The van der Waals surface area contributed by atoms with Crippen LogP contribution in [0.3, 0.4) is 0 Å². The van der Waals surface area contributed by atoms with E-state index < -0.39 is 10.0 Å². The molecule has 22 heavy (non-hydrogen) atoms. The van der Waals surface area contributed by atoms with Crippen LogP contribution >= 0.6 is 11.3 Å². The van der Waals surface area contributed by atoms with E-state index in [2.05, 4.69) is 15.0 Å². The van der Waals surface area contributed by atoms with Crippen LogP contribution in [0.4, 0.5) is 5.13 Å². The Balaban J connectivity index is 2.03. The number of rotatable bonds is 6. The second-order valence-electron chi connectivity index (χ2n) is 4.78. The number of hydrogen-bond donors (Lipinski definition) is 2. The Morgan fingerprint density at radius 2 is 1.95 bits per heavy atom. The molecular weight excluding hydrogens is 322 g/mol. The molecule has 8 heteroatoms. The molecule has 0 radical (unpaired) electrons. The number of benzene rings is 1. The van der Waals surface area contributed by atoms with Gasteiger partial charge >= 0.3 is 0 Å². The number of aromatic nitrogens is 1. The first kappa shape index (κ1) is 16.4. The summed E-state index contributed by atoms with van der Waals surface area (Å²) in [6, 6.07) is 6.57. The van der Waals surface area contributed by atoms with Gasteiger partial charge in [0, 0.05) is 18.8 Å². The largest absolute Gasteiger partial charge is 0.356 e. The first-order valence-corrected chi connectivity index (χ1v) is 9.01. The van der Waals surface area contributed by atoms with Crippen molar-refractivity contribution in [3.8, 4) is 0 Å². The number of carbonyl (C=O) groups excluding carboxylic acids is 1. The summed E-state index contributed by atoms with van der Waals surface area (Å²) in [6.45, 7) is 3.79. The smallest absolute Gasteiger partial charge is 0.263 e. The summed E-state index contributed by atoms with van der Waals surface area (Å²) in [4.78, 5) is 15.1. The summed E-state index contributed by atoms with van der Waals surface area (Å²) in [5.74, 6) is -0.0814. The van der Waals surface area contributed by atoms with Gasteiger partial charge in [0.1, 0.15) is 0 Å². The van der Waals surface area contributed by atoms with E-state index in [4.69, 9.17) is 0 Å². The van der Waals surface area contributed by atoms with Gasteiger partial charge in [-0.2, -0.15) is 0 Å². The fourth-order valence-corrected chi connectivity index (χ4v) is 3.73. The highest BCUT2D eigenvalue weighted by atomic mass is 32.2. The van der Waals surface area contributed by atoms with E-state index >= 15 is 0 Å². The van der Waals surface area contributed by atoms with Gasteiger partial charge in [0.2, 0.25) is 5.91 Å². The molecule has 1 heterocycles. The minimum Gasteiger partial charge on any atom is -0.356 e. The summed E-state index contributed by atoms with van der Waals surface area (Å²) in [5, 5.41) is 4.83. The zero-order chi connectivity index (χ0) is 16.2. The first-order valence-electron chi connectivity index (χ1n) is 6.65. The maximum Gasteiger partial charge on any atom is 0.263 e. The van der Waals surface area contributed by atoms with Gasteiger partial charge in [0.15, 0.2) is 5.13 Å². The highest BCUT2D eigenvalue weighted by Gasteiger charge is 2.15. The molecule has 1 amide bonds. The molecule has 1 aromatic heterocycles. The summed E-state index contributed by atoms with van der Waals surface area (Å²) >= 11 is 1.25. The molecule has 6 nitrogen and oxygen atoms in total. The van der Waals surface area contributed by atoms with Crippen molar-refractivity contribution in [2.45, 2.75) is 25.2 Å². The monoisotopic (exact) mass is 339 g/mol. The van der Waals surface area contributed by atoms with Gasteiger partial charge in [0.05, 0.1) is 10.6 Å². The van der Waals surface area contributed by atoms with E-state index in [0.29, 0.717) is 18.1 Å². The molecule has 0 aliphatic carbocycles. The van der Waals surface area contributed by atoms with Gasteiger partial charge < -0.3 is 5.32 Å². The highest BCUT2D eigenvalue weighted by Crippen LogP contribution is 2.20. The van der Waals surface area contributed by atoms with Gasteiger partial charge in [-0.3, -0.25) is 9.52 Å². The third kappa shape index (κ3) is 4.54. The van der Waals surface area contributed by atoms with Crippen LogP contribution in [0.2, 0.25) is 0 Å². The van der Waals surface area contributed by atoms with E-state index in [1.807, 2.05) is 0 Å². The van der Waals surface area contributed by atoms with E-state index in [1.165, 1.54) is 18.3 Å². The molecule has 2 aromatic rings. The van der Waals surface area contributed by atoms with Gasteiger partial charge in [-0.1, -0.05) is 12.1 Å². The van der Waals surface area contributed by atoms with E-state index in [0.717, 1.165) is 11.3 Å². The van der Waals surface area contributed by atoms with Crippen LogP contribution in [-0.2, 0) is 21.2 Å². The van der Waals surface area contributed by atoms with Crippen LogP contribution < -0.4 is 10.0 Å². The predicted octanol–water partition coefficient (Wildman–Crippen LogP) is 1.93. The van der Waals surface area contributed by atoms with Crippen molar-refractivity contribution in [3.63, 3.8) is 0 Å². The Kier molecular flexibility index (Phi) is 5.15. The Morgan fingerprint density at radius 1 is 1.27 bits per heavy atom. The van der Waals surface area contributed by atoms with Crippen LogP contribution in [-0.4, -0.2) is 25.9 Å². The average Bonchev–Trinajstić information content (AvgIpc) is 2.83. The van der Waals surface area contributed by atoms with Gasteiger partial charge in [0.25, 0.3) is 10.0 Å². The Hall–Kier alpha value is -1.93. The first-order chi connectivity index (χ1) is 10.4. The number of hydrogen-bond acceptors (Lipinski definition) is 5. The number of amides is 1. The summed E-state index contributed by atoms with van der Waals surface area (Å²) in [5.41, 5.74) is 1.73. The number of aryl methyl sites for hydroxylation is 1. The molecule has 0 fully saturated rings. The van der Waals surface area contributed by atoms with E-state index in [1.54, 1.807) is 36.6 Å². The van der Waals surface area contributed by atoms with Crippen LogP contribution in [0.15, 0.2) is 34.5 Å². The highest BCUT2D eigenvalue weighted by molar-refractivity contribution is 7.93. The van der Waals surface area contributed by atoms with Gasteiger partial charge in [-0.15, -0.1) is 11.3 Å². The van der Waals surface area contributed by atoms with Crippen LogP contribution in [0, 0.1) is 6.92 Å². The summed E-state index contributed by atoms with van der Waals surface area (Å²) in [6.07, 6.45) is 0.652. The molecule has 0 saturated heterocycles. The van der Waals surface area contributed by atoms with E-state index in [-0.39, 0.29) is 10.8 Å². The third-order valence-electron chi connectivity index (χ3n) is 2.86.